The van der Waals surface area contributed by atoms with E-state index in [0.717, 1.165) is 37.4 Å². The van der Waals surface area contributed by atoms with E-state index in [-0.39, 0.29) is 30.7 Å². The van der Waals surface area contributed by atoms with E-state index in [9.17, 15) is 14.4 Å². The molecule has 1 fully saturated rings. The van der Waals surface area contributed by atoms with Crippen molar-refractivity contribution in [2.45, 2.75) is 39.3 Å². The Kier molecular flexibility index (Phi) is 6.89. The summed E-state index contributed by atoms with van der Waals surface area (Å²) in [4.78, 5) is 35.6. The highest BCUT2D eigenvalue weighted by atomic mass is 16.5. The number of amides is 1. The van der Waals surface area contributed by atoms with Crippen molar-refractivity contribution in [3.8, 4) is 5.75 Å². The van der Waals surface area contributed by atoms with Gasteiger partial charge in [-0.3, -0.25) is 9.59 Å². The molecule has 1 amide bonds. The maximum atomic E-state index is 12.6. The lowest BCUT2D eigenvalue weighted by molar-refractivity contribution is -0.119. The Morgan fingerprint density at radius 3 is 2.53 bits per heavy atom. The van der Waals surface area contributed by atoms with Crippen LogP contribution in [-0.2, 0) is 20.8 Å². The quantitative estimate of drug-likeness (QED) is 0.498. The number of carbonyl (C=O) groups is 3. The molecule has 1 aromatic carbocycles. The van der Waals surface area contributed by atoms with Gasteiger partial charge in [0, 0.05) is 30.1 Å². The highest BCUT2D eigenvalue weighted by Crippen LogP contribution is 2.21. The number of ether oxygens (including phenoxy) is 3. The van der Waals surface area contributed by atoms with Gasteiger partial charge in [-0.05, 0) is 57.0 Å². The number of aromatic nitrogens is 1. The number of Topliss-reactive ketones (excluding diaryl/α,β-unsaturated/α-hetero) is 1. The average Bonchev–Trinajstić information content (AvgIpc) is 3.34. The van der Waals surface area contributed by atoms with Crippen molar-refractivity contribution in [3.63, 3.8) is 0 Å². The molecule has 1 aliphatic rings. The Bertz CT molecular complexity index is 926. The van der Waals surface area contributed by atoms with E-state index >= 15 is 0 Å². The van der Waals surface area contributed by atoms with Crippen LogP contribution in [0.15, 0.2) is 30.3 Å². The van der Waals surface area contributed by atoms with Crippen molar-refractivity contribution >= 4 is 17.7 Å². The van der Waals surface area contributed by atoms with E-state index < -0.39 is 11.9 Å². The predicted octanol–water partition coefficient (Wildman–Crippen LogP) is 2.19. The van der Waals surface area contributed by atoms with Gasteiger partial charge in [-0.15, -0.1) is 0 Å². The van der Waals surface area contributed by atoms with Crippen LogP contribution >= 0.6 is 0 Å². The van der Waals surface area contributed by atoms with E-state index in [1.807, 2.05) is 19.9 Å². The van der Waals surface area contributed by atoms with E-state index in [1.165, 1.54) is 24.3 Å². The number of nitrogens with two attached hydrogens (primary N) is 1. The zero-order valence-electron chi connectivity index (χ0n) is 17.2. The number of hydrogen-bond acceptors (Lipinski definition) is 6. The van der Waals surface area contributed by atoms with Crippen LogP contribution in [0.1, 0.15) is 44.9 Å². The van der Waals surface area contributed by atoms with Crippen molar-refractivity contribution in [2.24, 2.45) is 5.73 Å². The minimum absolute atomic E-state index is 0.172. The summed E-state index contributed by atoms with van der Waals surface area (Å²) in [6, 6.07) is 7.87. The van der Waals surface area contributed by atoms with Gasteiger partial charge in [-0.25, -0.2) is 4.79 Å². The molecule has 3 rings (SSSR count). The van der Waals surface area contributed by atoms with Crippen LogP contribution in [0.5, 0.6) is 5.75 Å². The molecule has 2 aromatic rings. The predicted molar refractivity (Wildman–Crippen MR) is 109 cm³/mol. The fraction of sp³-hybridized carbons (Fsp3) is 0.409. The largest absolute Gasteiger partial charge is 0.484 e. The van der Waals surface area contributed by atoms with Crippen molar-refractivity contribution in [1.29, 1.82) is 0 Å². The molecule has 0 radical (unpaired) electrons. The Labute approximate surface area is 174 Å². The molecule has 8 nitrogen and oxygen atoms in total. The SMILES string of the molecule is Cc1cc(C(=O)COC(=O)c2ccc(OCC(N)=O)cc2)c(C)n1C[C@H]1CCCO1. The summed E-state index contributed by atoms with van der Waals surface area (Å²) in [5.74, 6) is -1.05. The number of hydrogen-bond donors (Lipinski definition) is 1. The molecule has 1 saturated heterocycles. The van der Waals surface area contributed by atoms with Gasteiger partial charge in [0.05, 0.1) is 11.7 Å². The Morgan fingerprint density at radius 1 is 1.17 bits per heavy atom. The van der Waals surface area contributed by atoms with Gasteiger partial charge in [0.15, 0.2) is 13.2 Å². The van der Waals surface area contributed by atoms with E-state index in [0.29, 0.717) is 11.3 Å². The normalized spacial score (nSPS) is 15.7. The van der Waals surface area contributed by atoms with Crippen LogP contribution in [0.25, 0.3) is 0 Å². The summed E-state index contributed by atoms with van der Waals surface area (Å²) in [5.41, 5.74) is 7.67. The second-order valence-electron chi connectivity index (χ2n) is 7.31. The summed E-state index contributed by atoms with van der Waals surface area (Å²) in [7, 11) is 0. The Hall–Kier alpha value is -3.13. The third kappa shape index (κ3) is 5.27. The summed E-state index contributed by atoms with van der Waals surface area (Å²) >= 11 is 0. The molecule has 0 spiro atoms. The van der Waals surface area contributed by atoms with Crippen molar-refractivity contribution in [2.75, 3.05) is 19.8 Å². The number of benzene rings is 1. The first-order valence-corrected chi connectivity index (χ1v) is 9.85. The van der Waals surface area contributed by atoms with Crippen molar-refractivity contribution in [3.05, 3.63) is 52.8 Å². The minimum atomic E-state index is -0.613. The second-order valence-corrected chi connectivity index (χ2v) is 7.31. The average molecular weight is 414 g/mol. The van der Waals surface area contributed by atoms with Crippen LogP contribution in [0.3, 0.4) is 0 Å². The molecule has 1 atom stereocenters. The van der Waals surface area contributed by atoms with Crippen molar-refractivity contribution in [1.82, 2.24) is 4.57 Å². The smallest absolute Gasteiger partial charge is 0.338 e. The highest BCUT2D eigenvalue weighted by molar-refractivity contribution is 6.00. The minimum Gasteiger partial charge on any atom is -0.484 e. The molecule has 8 heteroatoms. The molecule has 2 N–H and O–H groups in total. The Morgan fingerprint density at radius 2 is 1.90 bits per heavy atom. The van der Waals surface area contributed by atoms with E-state index in [1.54, 1.807) is 0 Å². The lowest BCUT2D eigenvalue weighted by atomic mass is 10.1. The first-order valence-electron chi connectivity index (χ1n) is 9.85. The van der Waals surface area contributed by atoms with Crippen LogP contribution in [-0.4, -0.2) is 48.2 Å². The number of ketones is 1. The van der Waals surface area contributed by atoms with Crippen LogP contribution in [0, 0.1) is 13.8 Å². The van der Waals surface area contributed by atoms with Crippen molar-refractivity contribution < 1.29 is 28.6 Å². The maximum Gasteiger partial charge on any atom is 0.338 e. The molecule has 0 unspecified atom stereocenters. The number of aryl methyl sites for hydroxylation is 1. The molecular formula is C22H26N2O6. The topological polar surface area (TPSA) is 110 Å². The molecule has 160 valence electrons. The number of esters is 1. The lowest BCUT2D eigenvalue weighted by Crippen LogP contribution is -2.20. The summed E-state index contributed by atoms with van der Waals surface area (Å²) in [6.07, 6.45) is 2.25. The molecule has 1 aliphatic heterocycles. The summed E-state index contributed by atoms with van der Waals surface area (Å²) in [6.45, 7) is 4.75. The first-order chi connectivity index (χ1) is 14.3. The summed E-state index contributed by atoms with van der Waals surface area (Å²) in [5, 5.41) is 0. The Balaban J connectivity index is 1.57. The molecule has 2 heterocycles. The molecule has 30 heavy (non-hydrogen) atoms. The number of rotatable bonds is 9. The zero-order chi connectivity index (χ0) is 21.7. The standard InChI is InChI=1S/C22H26N2O6/c1-14-10-19(15(2)24(14)11-18-4-3-9-28-18)20(25)12-30-22(27)16-5-7-17(8-6-16)29-13-21(23)26/h5-8,10,18H,3-4,9,11-13H2,1-2H3,(H2,23,26)/t18-/m1/s1. The van der Waals surface area contributed by atoms with Crippen LogP contribution in [0.4, 0.5) is 0 Å². The molecule has 1 aromatic heterocycles. The third-order valence-corrected chi connectivity index (χ3v) is 5.09. The molecule has 0 aliphatic carbocycles. The fourth-order valence-corrected chi connectivity index (χ4v) is 3.49. The lowest BCUT2D eigenvalue weighted by Gasteiger charge is -2.14. The number of nitrogens with zero attached hydrogens (tertiary/aromatic N) is 1. The summed E-state index contributed by atoms with van der Waals surface area (Å²) < 4.78 is 18.1. The molecular weight excluding hydrogens is 388 g/mol. The van der Waals surface area contributed by atoms with Crippen LogP contribution in [0.2, 0.25) is 0 Å². The van der Waals surface area contributed by atoms with Gasteiger partial charge in [-0.1, -0.05) is 0 Å². The molecule has 0 saturated carbocycles. The van der Waals surface area contributed by atoms with Gasteiger partial charge in [0.25, 0.3) is 5.91 Å². The van der Waals surface area contributed by atoms with Gasteiger partial charge >= 0.3 is 5.97 Å². The van der Waals surface area contributed by atoms with E-state index in [4.69, 9.17) is 19.9 Å². The first kappa shape index (κ1) is 21.6. The zero-order valence-corrected chi connectivity index (χ0v) is 17.2. The van der Waals surface area contributed by atoms with Gasteiger partial charge in [0.1, 0.15) is 5.75 Å². The number of carbonyl (C=O) groups excluding carboxylic acids is 3. The highest BCUT2D eigenvalue weighted by Gasteiger charge is 2.22. The van der Waals surface area contributed by atoms with E-state index in [2.05, 4.69) is 4.57 Å². The number of primary amides is 1. The van der Waals surface area contributed by atoms with Gasteiger partial charge in [0.2, 0.25) is 5.78 Å². The molecule has 0 bridgehead atoms. The van der Waals surface area contributed by atoms with Gasteiger partial charge in [-0.2, -0.15) is 0 Å². The maximum absolute atomic E-state index is 12.6. The second kappa shape index (κ2) is 9.58. The van der Waals surface area contributed by atoms with Gasteiger partial charge < -0.3 is 24.5 Å². The third-order valence-electron chi connectivity index (χ3n) is 5.09. The van der Waals surface area contributed by atoms with Crippen LogP contribution < -0.4 is 10.5 Å². The monoisotopic (exact) mass is 414 g/mol. The fourth-order valence-electron chi connectivity index (χ4n) is 3.49.